The van der Waals surface area contributed by atoms with Crippen molar-refractivity contribution >= 4 is 0 Å². The van der Waals surface area contributed by atoms with Crippen LogP contribution in [0.15, 0.2) is 22.7 Å². The van der Waals surface area contributed by atoms with Crippen LogP contribution in [0.2, 0.25) is 0 Å². The fraction of sp³-hybridized carbons (Fsp3) is 0.333. The summed E-state index contributed by atoms with van der Waals surface area (Å²) in [5.41, 5.74) is 6.92. The smallest absolute Gasteiger partial charge is 0.223 e. The van der Waals surface area contributed by atoms with Crippen molar-refractivity contribution in [3.8, 4) is 0 Å². The van der Waals surface area contributed by atoms with Gasteiger partial charge < -0.3 is 10.3 Å². The molecule has 4 nitrogen and oxygen atoms in total. The van der Waals surface area contributed by atoms with Crippen molar-refractivity contribution in [2.45, 2.75) is 25.3 Å². The molecule has 1 aromatic carbocycles. The molecule has 1 aliphatic rings. The van der Waals surface area contributed by atoms with Crippen molar-refractivity contribution in [2.24, 2.45) is 5.73 Å². The quantitative estimate of drug-likeness (QED) is 0.813. The van der Waals surface area contributed by atoms with Crippen molar-refractivity contribution in [3.05, 3.63) is 46.9 Å². The zero-order valence-electron chi connectivity index (χ0n) is 9.40. The summed E-state index contributed by atoms with van der Waals surface area (Å²) in [7, 11) is 0. The van der Waals surface area contributed by atoms with E-state index in [1.165, 1.54) is 6.07 Å². The monoisotopic (exact) mass is 233 g/mol. The molecule has 17 heavy (non-hydrogen) atoms. The van der Waals surface area contributed by atoms with Gasteiger partial charge >= 0.3 is 0 Å². The van der Waals surface area contributed by atoms with Crippen LogP contribution in [-0.2, 0) is 12.0 Å². The molecule has 2 N–H and O–H groups in total. The minimum Gasteiger partial charge on any atom is -0.340 e. The number of hydrogen-bond donors (Lipinski definition) is 1. The molecular weight excluding hydrogens is 221 g/mol. The number of aryl methyl sites for hydroxylation is 1. The molecule has 1 unspecified atom stereocenters. The van der Waals surface area contributed by atoms with Gasteiger partial charge in [0.1, 0.15) is 11.4 Å². The highest BCUT2D eigenvalue weighted by atomic mass is 19.1. The highest BCUT2D eigenvalue weighted by molar-refractivity contribution is 5.43. The van der Waals surface area contributed by atoms with Gasteiger partial charge in [0.25, 0.3) is 0 Å². The maximum Gasteiger partial charge on any atom is 0.223 e. The van der Waals surface area contributed by atoms with Crippen LogP contribution < -0.4 is 5.73 Å². The zero-order valence-corrected chi connectivity index (χ0v) is 9.40. The van der Waals surface area contributed by atoms with E-state index in [2.05, 4.69) is 10.1 Å². The van der Waals surface area contributed by atoms with E-state index in [1.54, 1.807) is 13.0 Å². The van der Waals surface area contributed by atoms with Crippen LogP contribution in [0.3, 0.4) is 0 Å². The van der Waals surface area contributed by atoms with E-state index >= 15 is 0 Å². The van der Waals surface area contributed by atoms with Crippen LogP contribution in [0.1, 0.15) is 29.3 Å². The lowest BCUT2D eigenvalue weighted by molar-refractivity contribution is 0.371. The van der Waals surface area contributed by atoms with Gasteiger partial charge in [0.2, 0.25) is 5.89 Å². The van der Waals surface area contributed by atoms with E-state index in [0.29, 0.717) is 30.1 Å². The predicted molar refractivity (Wildman–Crippen MR) is 58.7 cm³/mol. The van der Waals surface area contributed by atoms with Crippen molar-refractivity contribution < 1.29 is 8.91 Å². The Morgan fingerprint density at radius 1 is 1.47 bits per heavy atom. The molecule has 0 amide bonds. The van der Waals surface area contributed by atoms with Gasteiger partial charge in [0.15, 0.2) is 5.82 Å². The summed E-state index contributed by atoms with van der Waals surface area (Å²) in [4.78, 5) is 4.17. The summed E-state index contributed by atoms with van der Waals surface area (Å²) in [6.07, 6.45) is 1.20. The fourth-order valence-corrected chi connectivity index (χ4v) is 2.40. The van der Waals surface area contributed by atoms with Crippen LogP contribution in [-0.4, -0.2) is 10.1 Å². The molecule has 5 heteroatoms. The van der Waals surface area contributed by atoms with Gasteiger partial charge in [-0.05, 0) is 30.0 Å². The molecular formula is C12H12FN3O. The molecule has 2 aromatic rings. The first kappa shape index (κ1) is 10.4. The second-order valence-corrected chi connectivity index (χ2v) is 4.37. The number of halogens is 1. The third kappa shape index (κ3) is 1.39. The second-order valence-electron chi connectivity index (χ2n) is 4.37. The van der Waals surface area contributed by atoms with Gasteiger partial charge in [-0.25, -0.2) is 4.39 Å². The number of rotatable bonds is 1. The highest BCUT2D eigenvalue weighted by Gasteiger charge is 2.41. The van der Waals surface area contributed by atoms with Crippen LogP contribution in [0.4, 0.5) is 4.39 Å². The molecule has 0 saturated heterocycles. The largest absolute Gasteiger partial charge is 0.340 e. The SMILES string of the molecule is Cc1nc(C2(N)CCc3c(F)cccc32)no1. The Hall–Kier alpha value is -1.75. The predicted octanol–water partition coefficient (Wildman–Crippen LogP) is 1.67. The number of hydrogen-bond acceptors (Lipinski definition) is 4. The van der Waals surface area contributed by atoms with E-state index in [-0.39, 0.29) is 5.82 Å². The number of nitrogens with two attached hydrogens (primary N) is 1. The molecule has 0 saturated carbocycles. The molecule has 0 spiro atoms. The van der Waals surface area contributed by atoms with Crippen LogP contribution in [0.25, 0.3) is 0 Å². The van der Waals surface area contributed by atoms with E-state index in [9.17, 15) is 4.39 Å². The minimum atomic E-state index is -0.824. The van der Waals surface area contributed by atoms with Crippen LogP contribution in [0.5, 0.6) is 0 Å². The number of benzene rings is 1. The van der Waals surface area contributed by atoms with E-state index in [4.69, 9.17) is 10.3 Å². The van der Waals surface area contributed by atoms with E-state index in [0.717, 1.165) is 5.56 Å². The van der Waals surface area contributed by atoms with Crippen LogP contribution >= 0.6 is 0 Å². The summed E-state index contributed by atoms with van der Waals surface area (Å²) < 4.78 is 18.6. The molecule has 1 aliphatic carbocycles. The first-order valence-corrected chi connectivity index (χ1v) is 5.49. The van der Waals surface area contributed by atoms with Gasteiger partial charge in [0.05, 0.1) is 0 Å². The molecule has 0 radical (unpaired) electrons. The zero-order chi connectivity index (χ0) is 12.0. The Labute approximate surface area is 97.6 Å². The van der Waals surface area contributed by atoms with Gasteiger partial charge in [-0.15, -0.1) is 0 Å². The third-order valence-electron chi connectivity index (χ3n) is 3.30. The number of nitrogens with zero attached hydrogens (tertiary/aromatic N) is 2. The standard InChI is InChI=1S/C12H12FN3O/c1-7-15-11(16-17-7)12(14)6-5-8-9(12)3-2-4-10(8)13/h2-4H,5-6,14H2,1H3. The van der Waals surface area contributed by atoms with E-state index < -0.39 is 5.54 Å². The Kier molecular flexibility index (Phi) is 2.06. The summed E-state index contributed by atoms with van der Waals surface area (Å²) in [6.45, 7) is 1.71. The summed E-state index contributed by atoms with van der Waals surface area (Å²) in [5.74, 6) is 0.684. The third-order valence-corrected chi connectivity index (χ3v) is 3.30. The molecule has 1 atom stereocenters. The summed E-state index contributed by atoms with van der Waals surface area (Å²) in [5, 5.41) is 3.86. The average Bonchev–Trinajstić information content (AvgIpc) is 2.86. The lowest BCUT2D eigenvalue weighted by Gasteiger charge is -2.20. The second kappa shape index (κ2) is 3.37. The molecule has 1 aromatic heterocycles. The van der Waals surface area contributed by atoms with Crippen molar-refractivity contribution in [1.82, 2.24) is 10.1 Å². The topological polar surface area (TPSA) is 64.9 Å². The molecule has 0 aliphatic heterocycles. The number of fused-ring (bicyclic) bond motifs is 1. The first-order valence-electron chi connectivity index (χ1n) is 5.49. The molecule has 3 rings (SSSR count). The van der Waals surface area contributed by atoms with Crippen molar-refractivity contribution in [3.63, 3.8) is 0 Å². The Morgan fingerprint density at radius 2 is 2.29 bits per heavy atom. The van der Waals surface area contributed by atoms with Gasteiger partial charge in [-0.1, -0.05) is 17.3 Å². The first-order chi connectivity index (χ1) is 8.11. The summed E-state index contributed by atoms with van der Waals surface area (Å²) >= 11 is 0. The van der Waals surface area contributed by atoms with Crippen LogP contribution in [0, 0.1) is 12.7 Å². The normalized spacial score (nSPS) is 22.8. The summed E-state index contributed by atoms with van der Waals surface area (Å²) in [6, 6.07) is 4.94. The van der Waals surface area contributed by atoms with Gasteiger partial charge in [-0.3, -0.25) is 0 Å². The average molecular weight is 233 g/mol. The maximum atomic E-state index is 13.6. The maximum absolute atomic E-state index is 13.6. The minimum absolute atomic E-state index is 0.213. The van der Waals surface area contributed by atoms with Crippen molar-refractivity contribution in [1.29, 1.82) is 0 Å². The van der Waals surface area contributed by atoms with Crippen molar-refractivity contribution in [2.75, 3.05) is 0 Å². The number of aromatic nitrogens is 2. The van der Waals surface area contributed by atoms with Gasteiger partial charge in [0, 0.05) is 6.92 Å². The molecule has 88 valence electrons. The molecule has 1 heterocycles. The fourth-order valence-electron chi connectivity index (χ4n) is 2.40. The molecule has 0 fully saturated rings. The Bertz CT molecular complexity index is 581. The lowest BCUT2D eigenvalue weighted by atomic mass is 9.92. The van der Waals surface area contributed by atoms with E-state index in [1.807, 2.05) is 6.07 Å². The lowest BCUT2D eigenvalue weighted by Crippen LogP contribution is -2.36. The van der Waals surface area contributed by atoms with Gasteiger partial charge in [-0.2, -0.15) is 4.98 Å². The highest BCUT2D eigenvalue weighted by Crippen LogP contribution is 2.39. The molecule has 0 bridgehead atoms. The Morgan fingerprint density at radius 3 is 3.00 bits per heavy atom. The Balaban J connectivity index is 2.17.